The van der Waals surface area contributed by atoms with Crippen molar-refractivity contribution in [2.24, 2.45) is 0 Å². The van der Waals surface area contributed by atoms with Crippen LogP contribution in [0, 0.1) is 0 Å². The number of nitrogens with zero attached hydrogens (tertiary/aromatic N) is 4. The number of piperidine rings is 1. The number of anilines is 2. The Hall–Kier alpha value is -5.47. The summed E-state index contributed by atoms with van der Waals surface area (Å²) < 4.78 is 50.6. The summed E-state index contributed by atoms with van der Waals surface area (Å²) in [6.45, 7) is 5.78. The number of nitrogens with one attached hydrogen (secondary N) is 2. The molecule has 0 bridgehead atoms. The monoisotopic (exact) mass is 758 g/mol. The van der Waals surface area contributed by atoms with E-state index in [9.17, 15) is 27.6 Å². The Balaban J connectivity index is 1.24. The predicted octanol–water partition coefficient (Wildman–Crippen LogP) is 6.35. The molecule has 11 nitrogen and oxygen atoms in total. The molecule has 2 aliphatic heterocycles. The average molecular weight is 759 g/mol. The lowest BCUT2D eigenvalue weighted by Crippen LogP contribution is -2.42. The number of carbonyl (C=O) groups excluding carboxylic acids is 3. The van der Waals surface area contributed by atoms with Crippen molar-refractivity contribution in [3.8, 4) is 17.0 Å². The summed E-state index contributed by atoms with van der Waals surface area (Å²) in [5, 5.41) is 5.69. The number of likely N-dealkylation sites (N-methyl/N-ethyl adjacent to an activating group) is 1. The van der Waals surface area contributed by atoms with Crippen LogP contribution < -0.4 is 20.3 Å². The Morgan fingerprint density at radius 3 is 2.38 bits per heavy atom. The summed E-state index contributed by atoms with van der Waals surface area (Å²) in [6.07, 6.45) is 0.219. The molecule has 1 aromatic heterocycles. The van der Waals surface area contributed by atoms with E-state index >= 15 is 0 Å². The molecule has 0 radical (unpaired) electrons. The van der Waals surface area contributed by atoms with E-state index in [0.29, 0.717) is 60.1 Å². The quantitative estimate of drug-likeness (QED) is 0.172. The second-order valence-electron chi connectivity index (χ2n) is 13.7. The first-order valence-electron chi connectivity index (χ1n) is 18.3. The van der Waals surface area contributed by atoms with Crippen molar-refractivity contribution in [3.05, 3.63) is 107 Å². The summed E-state index contributed by atoms with van der Waals surface area (Å²) in [5.74, 6) is -0.878. The first-order chi connectivity index (χ1) is 26.5. The lowest BCUT2D eigenvalue weighted by Gasteiger charge is -2.29. The van der Waals surface area contributed by atoms with Crippen molar-refractivity contribution in [2.45, 2.75) is 32.0 Å². The highest BCUT2D eigenvalue weighted by molar-refractivity contribution is 6.08. The number of benzene rings is 3. The topological polar surface area (TPSA) is 116 Å². The van der Waals surface area contributed by atoms with E-state index in [1.54, 1.807) is 42.3 Å². The minimum absolute atomic E-state index is 0.110. The number of pyridine rings is 1. The molecule has 3 amide bonds. The summed E-state index contributed by atoms with van der Waals surface area (Å²) >= 11 is 0. The fourth-order valence-electron chi connectivity index (χ4n) is 6.67. The zero-order chi connectivity index (χ0) is 39.0. The van der Waals surface area contributed by atoms with Crippen LogP contribution in [0.1, 0.15) is 61.5 Å². The van der Waals surface area contributed by atoms with Crippen molar-refractivity contribution in [1.29, 1.82) is 0 Å². The summed E-state index contributed by atoms with van der Waals surface area (Å²) in [6, 6.07) is 18.3. The maximum Gasteiger partial charge on any atom is 0.416 e. The number of hydrogen-bond donors (Lipinski definition) is 2. The van der Waals surface area contributed by atoms with Gasteiger partial charge in [0.1, 0.15) is 5.75 Å². The summed E-state index contributed by atoms with van der Waals surface area (Å²) in [7, 11) is 3.20. The molecule has 290 valence electrons. The fraction of sp³-hybridized carbons (Fsp3) is 0.366. The highest BCUT2D eigenvalue weighted by Crippen LogP contribution is 2.34. The Bertz CT molecular complexity index is 2000. The average Bonchev–Trinajstić information content (AvgIpc) is 3.22. The van der Waals surface area contributed by atoms with Gasteiger partial charge in [-0.2, -0.15) is 13.2 Å². The first-order valence-corrected chi connectivity index (χ1v) is 18.3. The highest BCUT2D eigenvalue weighted by atomic mass is 19.4. The van der Waals surface area contributed by atoms with E-state index in [2.05, 4.69) is 25.4 Å². The Morgan fingerprint density at radius 2 is 1.64 bits per heavy atom. The molecule has 0 atom stereocenters. The van der Waals surface area contributed by atoms with Gasteiger partial charge in [0.2, 0.25) is 0 Å². The van der Waals surface area contributed by atoms with Gasteiger partial charge in [-0.15, -0.1) is 0 Å². The Morgan fingerprint density at radius 1 is 0.873 bits per heavy atom. The van der Waals surface area contributed by atoms with Crippen LogP contribution in [0.5, 0.6) is 5.75 Å². The largest absolute Gasteiger partial charge is 0.497 e. The van der Waals surface area contributed by atoms with Crippen LogP contribution in [0.25, 0.3) is 11.3 Å². The van der Waals surface area contributed by atoms with Gasteiger partial charge in [-0.05, 0) is 85.5 Å². The van der Waals surface area contributed by atoms with E-state index < -0.39 is 23.6 Å². The third-order valence-corrected chi connectivity index (χ3v) is 9.83. The third kappa shape index (κ3) is 10.2. The zero-order valence-electron chi connectivity index (χ0n) is 31.0. The molecule has 2 saturated heterocycles. The van der Waals surface area contributed by atoms with Crippen molar-refractivity contribution in [3.63, 3.8) is 0 Å². The predicted molar refractivity (Wildman–Crippen MR) is 204 cm³/mol. The van der Waals surface area contributed by atoms with Gasteiger partial charge in [-0.1, -0.05) is 12.1 Å². The number of rotatable bonds is 12. The van der Waals surface area contributed by atoms with Crippen molar-refractivity contribution in [1.82, 2.24) is 20.1 Å². The lowest BCUT2D eigenvalue weighted by atomic mass is 10.0. The van der Waals surface area contributed by atoms with Crippen LogP contribution in [-0.2, 0) is 17.5 Å². The molecule has 0 spiro atoms. The van der Waals surface area contributed by atoms with Gasteiger partial charge in [0.05, 0.1) is 37.3 Å². The van der Waals surface area contributed by atoms with E-state index in [1.807, 2.05) is 12.1 Å². The number of amides is 3. The second kappa shape index (κ2) is 17.8. The van der Waals surface area contributed by atoms with Crippen molar-refractivity contribution in [2.75, 3.05) is 76.9 Å². The van der Waals surface area contributed by atoms with E-state index in [1.165, 1.54) is 31.5 Å². The number of methoxy groups -OCH3 is 1. The number of alkyl halides is 3. The van der Waals surface area contributed by atoms with Gasteiger partial charge in [-0.3, -0.25) is 24.3 Å². The third-order valence-electron chi connectivity index (χ3n) is 9.83. The molecule has 6 rings (SSSR count). The number of aromatic nitrogens is 1. The highest BCUT2D eigenvalue weighted by Gasteiger charge is 2.30. The molecule has 0 saturated carbocycles. The van der Waals surface area contributed by atoms with Gasteiger partial charge in [0, 0.05) is 87.0 Å². The molecular formula is C41H45F3N6O5. The number of halogens is 3. The standard InChI is InChI=1S/C41H45F3N6O5/c1-48(15-16-49-17-19-55-20-18-49)40(53)31-22-30(23-34(24-31)54-2)39(52)47-36-10-9-33(50-13-4-3-5-14-50)26-35(36)37-25-29(11-12-45-37)38(51)46-27-28-7-6-8-32(21-28)41(42,43)44/h6-12,21-26H,3-5,13-20,27H2,1-2H3,(H,46,51)(H,47,52). The van der Waals surface area contributed by atoms with Crippen LogP contribution in [0.15, 0.2) is 79.0 Å². The molecule has 4 aromatic rings. The maximum atomic E-state index is 13.9. The number of morpholine rings is 1. The van der Waals surface area contributed by atoms with Crippen LogP contribution in [-0.4, -0.2) is 99.1 Å². The van der Waals surface area contributed by atoms with E-state index in [0.717, 1.165) is 63.3 Å². The smallest absolute Gasteiger partial charge is 0.416 e. The molecule has 2 aliphatic rings. The van der Waals surface area contributed by atoms with Gasteiger partial charge >= 0.3 is 6.18 Å². The van der Waals surface area contributed by atoms with Crippen molar-refractivity contribution < 1.29 is 37.0 Å². The molecule has 3 aromatic carbocycles. The first kappa shape index (κ1) is 39.2. The second-order valence-corrected chi connectivity index (χ2v) is 13.7. The Labute approximate surface area is 318 Å². The molecule has 2 N–H and O–H groups in total. The van der Waals surface area contributed by atoms with Gasteiger partial charge in [-0.25, -0.2) is 0 Å². The normalized spacial score (nSPS) is 15.0. The minimum Gasteiger partial charge on any atom is -0.497 e. The Kier molecular flexibility index (Phi) is 12.7. The maximum absolute atomic E-state index is 13.9. The number of ether oxygens (including phenoxy) is 2. The number of carbonyl (C=O) groups is 3. The van der Waals surface area contributed by atoms with E-state index in [4.69, 9.17) is 9.47 Å². The molecule has 0 unspecified atom stereocenters. The molecule has 2 fully saturated rings. The SMILES string of the molecule is COc1cc(C(=O)Nc2ccc(N3CCCCC3)cc2-c2cc(C(=O)NCc3cccc(C(F)(F)F)c3)ccn2)cc(C(=O)N(C)CCN2CCOCC2)c1. The van der Waals surface area contributed by atoms with E-state index in [-0.39, 0.29) is 23.6 Å². The zero-order valence-corrected chi connectivity index (χ0v) is 31.0. The van der Waals surface area contributed by atoms with Crippen LogP contribution in [0.2, 0.25) is 0 Å². The summed E-state index contributed by atoms with van der Waals surface area (Å²) in [4.78, 5) is 51.4. The van der Waals surface area contributed by atoms with Crippen LogP contribution >= 0.6 is 0 Å². The minimum atomic E-state index is -4.50. The lowest BCUT2D eigenvalue weighted by molar-refractivity contribution is -0.137. The van der Waals surface area contributed by atoms with Crippen molar-refractivity contribution >= 4 is 29.1 Å². The molecule has 14 heteroatoms. The fourth-order valence-corrected chi connectivity index (χ4v) is 6.67. The molecule has 3 heterocycles. The number of hydrogen-bond acceptors (Lipinski definition) is 8. The molecule has 0 aliphatic carbocycles. The van der Waals surface area contributed by atoms with Crippen LogP contribution in [0.4, 0.5) is 24.5 Å². The van der Waals surface area contributed by atoms with Crippen LogP contribution in [0.3, 0.4) is 0 Å². The van der Waals surface area contributed by atoms with Gasteiger partial charge in [0.25, 0.3) is 17.7 Å². The van der Waals surface area contributed by atoms with Gasteiger partial charge < -0.3 is 29.9 Å². The van der Waals surface area contributed by atoms with Gasteiger partial charge in [0.15, 0.2) is 0 Å². The molecule has 55 heavy (non-hydrogen) atoms. The molecular weight excluding hydrogens is 713 g/mol. The summed E-state index contributed by atoms with van der Waals surface area (Å²) in [5.41, 5.74) is 2.60.